The molecule has 53 heavy (non-hydrogen) atoms. The fraction of sp³-hybridized carbons (Fsp3) is 0.865. The van der Waals surface area contributed by atoms with Gasteiger partial charge in [-0.1, -0.05) is 69.2 Å². The summed E-state index contributed by atoms with van der Waals surface area (Å²) >= 11 is 0. The van der Waals surface area contributed by atoms with Crippen LogP contribution in [0, 0.1) is 29.6 Å². The summed E-state index contributed by atoms with van der Waals surface area (Å²) in [6.07, 6.45) is -13.4. The molecule has 0 unspecified atom stereocenters. The fourth-order valence-corrected chi connectivity index (χ4v) is 5.70. The second-order valence-corrected chi connectivity index (χ2v) is 15.9. The third-order valence-electron chi connectivity index (χ3n) is 8.11. The van der Waals surface area contributed by atoms with Crippen LogP contribution >= 0.6 is 0 Å². The standard InChI is InChI=1S/C37H62O16/c1-19(2)11-26(39)46-17-25-31(44)35(45)37(52-25,18-47-27(40)12-20(3)4)53-36-34(51-30(43)15-23(9)10)33(50-29(42)14-22(7)8)32(24(16-38)48-36)49-28(41)13-21(5)6/h19-25,31-36,38,44-45H,11-18H2,1-10H3/t24-,25-,31-,32-,33+,34-,35+,36-,37+/m1/s1. The topological polar surface area (TPSA) is 220 Å². The minimum absolute atomic E-state index is 0.0236. The summed E-state index contributed by atoms with van der Waals surface area (Å²) < 4.78 is 46.5. The first-order valence-electron chi connectivity index (χ1n) is 18.6. The Morgan fingerprint density at radius 1 is 0.585 bits per heavy atom. The van der Waals surface area contributed by atoms with Gasteiger partial charge in [-0.25, -0.2) is 0 Å². The summed E-state index contributed by atoms with van der Waals surface area (Å²) in [6.45, 7) is 15.7. The van der Waals surface area contributed by atoms with Crippen LogP contribution in [0.5, 0.6) is 0 Å². The van der Waals surface area contributed by atoms with Gasteiger partial charge in [0.25, 0.3) is 0 Å². The molecule has 0 radical (unpaired) electrons. The van der Waals surface area contributed by atoms with E-state index in [0.29, 0.717) is 0 Å². The van der Waals surface area contributed by atoms with Gasteiger partial charge >= 0.3 is 29.8 Å². The van der Waals surface area contributed by atoms with E-state index >= 15 is 0 Å². The summed E-state index contributed by atoms with van der Waals surface area (Å²) in [6, 6.07) is 0. The highest BCUT2D eigenvalue weighted by Crippen LogP contribution is 2.39. The maximum atomic E-state index is 13.3. The van der Waals surface area contributed by atoms with E-state index in [1.54, 1.807) is 55.4 Å². The average molecular weight is 763 g/mol. The van der Waals surface area contributed by atoms with Crippen LogP contribution in [0.1, 0.15) is 101 Å². The molecule has 2 rings (SSSR count). The highest BCUT2D eigenvalue weighted by Gasteiger charge is 2.61. The highest BCUT2D eigenvalue weighted by molar-refractivity contribution is 5.72. The number of rotatable bonds is 20. The molecule has 2 fully saturated rings. The number of carbonyl (C=O) groups excluding carboxylic acids is 5. The third kappa shape index (κ3) is 14.7. The molecule has 306 valence electrons. The Morgan fingerprint density at radius 2 is 1.00 bits per heavy atom. The number of esters is 5. The Labute approximate surface area is 312 Å². The molecule has 16 nitrogen and oxygen atoms in total. The van der Waals surface area contributed by atoms with Crippen LogP contribution in [0.3, 0.4) is 0 Å². The first-order chi connectivity index (χ1) is 24.7. The van der Waals surface area contributed by atoms with Gasteiger partial charge in [-0.05, 0) is 29.6 Å². The van der Waals surface area contributed by atoms with E-state index in [4.69, 9.17) is 37.9 Å². The molecule has 0 saturated carbocycles. The van der Waals surface area contributed by atoms with E-state index < -0.39 is 104 Å². The van der Waals surface area contributed by atoms with Crippen LogP contribution in [0.2, 0.25) is 0 Å². The van der Waals surface area contributed by atoms with Crippen molar-refractivity contribution in [1.82, 2.24) is 0 Å². The number of ether oxygens (including phenoxy) is 8. The van der Waals surface area contributed by atoms with Gasteiger partial charge in [0, 0.05) is 32.1 Å². The molecule has 0 spiro atoms. The Balaban J connectivity index is 2.66. The molecule has 3 N–H and O–H groups in total. The molecule has 2 aliphatic heterocycles. The van der Waals surface area contributed by atoms with Crippen LogP contribution in [-0.2, 0) is 61.9 Å². The number of aliphatic hydroxyl groups excluding tert-OH is 3. The van der Waals surface area contributed by atoms with Gasteiger partial charge < -0.3 is 53.2 Å². The highest BCUT2D eigenvalue weighted by atomic mass is 16.8. The normalized spacial score (nSPS) is 28.8. The number of hydrogen-bond donors (Lipinski definition) is 3. The van der Waals surface area contributed by atoms with Gasteiger partial charge in [-0.15, -0.1) is 0 Å². The first kappa shape index (κ1) is 46.3. The molecule has 2 aliphatic rings. The van der Waals surface area contributed by atoms with Crippen molar-refractivity contribution in [3.63, 3.8) is 0 Å². The van der Waals surface area contributed by atoms with Crippen molar-refractivity contribution >= 4 is 29.8 Å². The molecule has 0 aromatic rings. The lowest BCUT2D eigenvalue weighted by molar-refractivity contribution is -0.384. The quantitative estimate of drug-likeness (QED) is 0.120. The van der Waals surface area contributed by atoms with Crippen molar-refractivity contribution in [3.8, 4) is 0 Å². The van der Waals surface area contributed by atoms with Gasteiger partial charge in [0.05, 0.1) is 6.61 Å². The Kier molecular flexibility index (Phi) is 18.6. The van der Waals surface area contributed by atoms with E-state index in [2.05, 4.69) is 0 Å². The zero-order chi connectivity index (χ0) is 40.2. The van der Waals surface area contributed by atoms with Crippen LogP contribution < -0.4 is 0 Å². The van der Waals surface area contributed by atoms with Crippen molar-refractivity contribution in [1.29, 1.82) is 0 Å². The first-order valence-corrected chi connectivity index (χ1v) is 18.6. The second kappa shape index (κ2) is 21.3. The monoisotopic (exact) mass is 762 g/mol. The van der Waals surface area contributed by atoms with Gasteiger partial charge in [0.2, 0.25) is 12.1 Å². The maximum absolute atomic E-state index is 13.3. The largest absolute Gasteiger partial charge is 0.463 e. The van der Waals surface area contributed by atoms with Gasteiger partial charge in [0.1, 0.15) is 37.6 Å². The maximum Gasteiger partial charge on any atom is 0.306 e. The molecule has 16 heteroatoms. The average Bonchev–Trinajstić information content (AvgIpc) is 3.24. The van der Waals surface area contributed by atoms with Crippen LogP contribution in [0.15, 0.2) is 0 Å². The van der Waals surface area contributed by atoms with Crippen molar-refractivity contribution < 1.29 is 77.2 Å². The molecule has 0 aliphatic carbocycles. The lowest BCUT2D eigenvalue weighted by Gasteiger charge is -2.46. The molecule has 9 atom stereocenters. The summed E-state index contributed by atoms with van der Waals surface area (Å²) in [7, 11) is 0. The number of aliphatic hydroxyl groups is 3. The van der Waals surface area contributed by atoms with Crippen molar-refractivity contribution in [2.24, 2.45) is 29.6 Å². The Morgan fingerprint density at radius 3 is 1.45 bits per heavy atom. The minimum atomic E-state index is -2.44. The van der Waals surface area contributed by atoms with E-state index in [0.717, 1.165) is 0 Å². The third-order valence-corrected chi connectivity index (χ3v) is 8.11. The van der Waals surface area contributed by atoms with Gasteiger partial charge in [0.15, 0.2) is 18.3 Å². The zero-order valence-electron chi connectivity index (χ0n) is 32.8. The second-order valence-electron chi connectivity index (χ2n) is 15.9. The van der Waals surface area contributed by atoms with Crippen molar-refractivity contribution in [2.45, 2.75) is 156 Å². The molecular weight excluding hydrogens is 700 g/mol. The Bertz CT molecular complexity index is 1200. The Hall–Kier alpha value is -2.89. The van der Waals surface area contributed by atoms with E-state index in [9.17, 15) is 39.3 Å². The van der Waals surface area contributed by atoms with Gasteiger partial charge in [-0.2, -0.15) is 0 Å². The van der Waals surface area contributed by atoms with Gasteiger partial charge in [-0.3, -0.25) is 24.0 Å². The number of carbonyl (C=O) groups is 5. The molecule has 0 bridgehead atoms. The minimum Gasteiger partial charge on any atom is -0.463 e. The SMILES string of the molecule is CC(C)CC(=O)OC[C@H]1O[C@@](COC(=O)CC(C)C)(O[C@H]2O[C@H](CO)[C@@H](OC(=O)CC(C)C)[C@H](OC(=O)CC(C)C)[C@H]2OC(=O)CC(C)C)[C@@H](O)[C@@H]1O. The molecule has 0 aromatic heterocycles. The van der Waals surface area contributed by atoms with Crippen LogP contribution in [0.25, 0.3) is 0 Å². The van der Waals surface area contributed by atoms with Crippen LogP contribution in [-0.4, -0.2) is 120 Å². The molecule has 0 amide bonds. The molecule has 0 aromatic carbocycles. The smallest absolute Gasteiger partial charge is 0.306 e. The van der Waals surface area contributed by atoms with E-state index in [1.165, 1.54) is 0 Å². The van der Waals surface area contributed by atoms with Crippen molar-refractivity contribution in [3.05, 3.63) is 0 Å². The molecule has 2 saturated heterocycles. The summed E-state index contributed by atoms with van der Waals surface area (Å²) in [5.41, 5.74) is 0. The summed E-state index contributed by atoms with van der Waals surface area (Å²) in [5, 5.41) is 33.1. The predicted molar refractivity (Wildman–Crippen MR) is 185 cm³/mol. The summed E-state index contributed by atoms with van der Waals surface area (Å²) in [4.78, 5) is 64.5. The van der Waals surface area contributed by atoms with E-state index in [1.807, 2.05) is 13.8 Å². The summed E-state index contributed by atoms with van der Waals surface area (Å²) in [5.74, 6) is -6.56. The van der Waals surface area contributed by atoms with Crippen molar-refractivity contribution in [2.75, 3.05) is 19.8 Å². The lowest BCUT2D eigenvalue weighted by Crippen LogP contribution is -2.65. The molecular formula is C37H62O16. The lowest BCUT2D eigenvalue weighted by atomic mass is 9.97. The predicted octanol–water partition coefficient (Wildman–Crippen LogP) is 2.59. The number of hydrogen-bond acceptors (Lipinski definition) is 16. The zero-order valence-corrected chi connectivity index (χ0v) is 32.8. The molecule has 2 heterocycles. The fourth-order valence-electron chi connectivity index (χ4n) is 5.70. The van der Waals surface area contributed by atoms with Crippen LogP contribution in [0.4, 0.5) is 0 Å². The van der Waals surface area contributed by atoms with E-state index in [-0.39, 0.29) is 61.7 Å².